The minimum atomic E-state index is -0.438. The van der Waals surface area contributed by atoms with E-state index in [4.69, 9.17) is 0 Å². The van der Waals surface area contributed by atoms with Crippen molar-refractivity contribution in [1.82, 2.24) is 19.9 Å². The van der Waals surface area contributed by atoms with Gasteiger partial charge in [-0.15, -0.1) is 0 Å². The average molecular weight is 184 g/mol. The van der Waals surface area contributed by atoms with Crippen LogP contribution >= 0.6 is 12.2 Å². The highest BCUT2D eigenvalue weighted by Gasteiger charge is 2.01. The highest BCUT2D eigenvalue weighted by Crippen LogP contribution is 1.92. The fourth-order valence-electron chi connectivity index (χ4n) is 0.958. The lowest BCUT2D eigenvalue weighted by atomic mass is 10.6. The van der Waals surface area contributed by atoms with Crippen molar-refractivity contribution >= 4 is 23.4 Å². The Labute approximate surface area is 69.7 Å². The average Bonchev–Trinajstić information content (AvgIpc) is 2.29. The SMILES string of the molecule is O=c1[nH]c2[nH]c(=S)[nH]c(=O)c2[nH]1. The molecule has 62 valence electrons. The lowest BCUT2D eigenvalue weighted by Crippen LogP contribution is -2.08. The first-order valence-corrected chi connectivity index (χ1v) is 3.52. The molecule has 12 heavy (non-hydrogen) atoms. The van der Waals surface area contributed by atoms with Crippen LogP contribution in [0.1, 0.15) is 0 Å². The Morgan fingerprint density at radius 1 is 1.00 bits per heavy atom. The van der Waals surface area contributed by atoms with Gasteiger partial charge in [0, 0.05) is 0 Å². The van der Waals surface area contributed by atoms with Crippen molar-refractivity contribution in [3.63, 3.8) is 0 Å². The first-order valence-electron chi connectivity index (χ1n) is 3.11. The van der Waals surface area contributed by atoms with Crippen molar-refractivity contribution in [2.24, 2.45) is 0 Å². The van der Waals surface area contributed by atoms with Crippen LogP contribution in [0.25, 0.3) is 11.2 Å². The predicted octanol–water partition coefficient (Wildman–Crippen LogP) is -0.398. The fraction of sp³-hybridized carbons (Fsp3) is 0. The quantitative estimate of drug-likeness (QED) is 0.419. The van der Waals surface area contributed by atoms with Gasteiger partial charge in [-0.05, 0) is 12.2 Å². The topological polar surface area (TPSA) is 97.3 Å². The molecule has 0 spiro atoms. The van der Waals surface area contributed by atoms with E-state index in [1.54, 1.807) is 0 Å². The molecule has 0 saturated carbocycles. The molecule has 0 saturated heterocycles. The number of imidazole rings is 1. The number of hydrogen-bond donors (Lipinski definition) is 4. The molecule has 2 aromatic heterocycles. The summed E-state index contributed by atoms with van der Waals surface area (Å²) in [4.78, 5) is 31.5. The minimum absolute atomic E-state index is 0.175. The number of hydrogen-bond acceptors (Lipinski definition) is 3. The molecule has 6 nitrogen and oxygen atoms in total. The predicted molar refractivity (Wildman–Crippen MR) is 44.7 cm³/mol. The highest BCUT2D eigenvalue weighted by molar-refractivity contribution is 7.71. The molecule has 0 radical (unpaired) electrons. The molecule has 0 unspecified atom stereocenters. The van der Waals surface area contributed by atoms with Crippen LogP contribution in [0.2, 0.25) is 0 Å². The van der Waals surface area contributed by atoms with E-state index in [1.165, 1.54) is 0 Å². The summed E-state index contributed by atoms with van der Waals surface area (Å²) >= 11 is 4.69. The second kappa shape index (κ2) is 2.18. The second-order valence-electron chi connectivity index (χ2n) is 2.24. The first-order chi connectivity index (χ1) is 5.66. The van der Waals surface area contributed by atoms with E-state index >= 15 is 0 Å². The van der Waals surface area contributed by atoms with Gasteiger partial charge in [0.25, 0.3) is 5.56 Å². The van der Waals surface area contributed by atoms with Gasteiger partial charge >= 0.3 is 5.69 Å². The Hall–Kier alpha value is -1.63. The van der Waals surface area contributed by atoms with Gasteiger partial charge in [0.05, 0.1) is 0 Å². The Balaban J connectivity index is 3.18. The Morgan fingerprint density at radius 2 is 1.75 bits per heavy atom. The molecule has 2 rings (SSSR count). The van der Waals surface area contributed by atoms with Gasteiger partial charge in [0.1, 0.15) is 11.2 Å². The van der Waals surface area contributed by atoms with E-state index in [-0.39, 0.29) is 10.3 Å². The molecule has 4 N–H and O–H groups in total. The largest absolute Gasteiger partial charge is 0.325 e. The molecule has 0 aromatic carbocycles. The zero-order chi connectivity index (χ0) is 8.72. The zero-order valence-corrected chi connectivity index (χ0v) is 6.54. The first kappa shape index (κ1) is 7.04. The highest BCUT2D eigenvalue weighted by atomic mass is 32.1. The maximum absolute atomic E-state index is 11.1. The molecule has 0 atom stereocenters. The number of fused-ring (bicyclic) bond motifs is 1. The normalized spacial score (nSPS) is 10.7. The van der Waals surface area contributed by atoms with Crippen molar-refractivity contribution in [3.8, 4) is 0 Å². The van der Waals surface area contributed by atoms with Crippen molar-refractivity contribution < 1.29 is 0 Å². The Bertz CT molecular complexity index is 585. The van der Waals surface area contributed by atoms with Gasteiger partial charge < -0.3 is 4.98 Å². The summed E-state index contributed by atoms with van der Waals surface area (Å²) in [7, 11) is 0. The fourth-order valence-corrected chi connectivity index (χ4v) is 1.15. The van der Waals surface area contributed by atoms with Gasteiger partial charge in [-0.25, -0.2) is 4.79 Å². The third-order valence-electron chi connectivity index (χ3n) is 1.42. The zero-order valence-electron chi connectivity index (χ0n) is 5.72. The van der Waals surface area contributed by atoms with Gasteiger partial charge in [-0.1, -0.05) is 0 Å². The molecule has 0 amide bonds. The van der Waals surface area contributed by atoms with Crippen LogP contribution < -0.4 is 11.2 Å². The van der Waals surface area contributed by atoms with Gasteiger partial charge in [-0.3, -0.25) is 19.7 Å². The van der Waals surface area contributed by atoms with E-state index in [0.717, 1.165) is 0 Å². The van der Waals surface area contributed by atoms with E-state index in [0.29, 0.717) is 5.65 Å². The van der Waals surface area contributed by atoms with E-state index in [2.05, 4.69) is 32.2 Å². The van der Waals surface area contributed by atoms with Crippen LogP contribution in [0.4, 0.5) is 0 Å². The van der Waals surface area contributed by atoms with Crippen LogP contribution in [0.5, 0.6) is 0 Å². The maximum atomic E-state index is 11.1. The summed E-state index contributed by atoms with van der Waals surface area (Å²) in [5.41, 5.74) is -0.359. The van der Waals surface area contributed by atoms with Crippen LogP contribution in [0, 0.1) is 4.77 Å². The molecular formula is C5H4N4O2S. The van der Waals surface area contributed by atoms with E-state index in [1.807, 2.05) is 0 Å². The van der Waals surface area contributed by atoms with Crippen molar-refractivity contribution in [3.05, 3.63) is 25.6 Å². The molecule has 0 aliphatic carbocycles. The minimum Gasteiger partial charge on any atom is -0.317 e. The Kier molecular flexibility index (Phi) is 1.28. The molecule has 7 heteroatoms. The smallest absolute Gasteiger partial charge is 0.317 e. The van der Waals surface area contributed by atoms with Crippen molar-refractivity contribution in [2.75, 3.05) is 0 Å². The molecule has 2 aromatic rings. The number of aromatic nitrogens is 4. The summed E-state index contributed by atoms with van der Waals surface area (Å²) in [6.45, 7) is 0. The Morgan fingerprint density at radius 3 is 2.50 bits per heavy atom. The van der Waals surface area contributed by atoms with Crippen molar-refractivity contribution in [2.45, 2.75) is 0 Å². The molecule has 2 heterocycles. The van der Waals surface area contributed by atoms with Crippen LogP contribution in [0.15, 0.2) is 9.59 Å². The standard InChI is InChI=1S/C5H4N4O2S/c10-3-1-2(7-4(11)6-1)8-5(12)9-3/h(H4,6,7,8,9,10,11,12). The van der Waals surface area contributed by atoms with Gasteiger partial charge in [-0.2, -0.15) is 0 Å². The lowest BCUT2D eigenvalue weighted by molar-refractivity contribution is 1.12. The molecule has 0 fully saturated rings. The summed E-state index contributed by atoms with van der Waals surface area (Å²) in [5.74, 6) is 0. The summed E-state index contributed by atoms with van der Waals surface area (Å²) in [6, 6.07) is 0. The second-order valence-corrected chi connectivity index (χ2v) is 2.65. The van der Waals surface area contributed by atoms with E-state index < -0.39 is 11.2 Å². The number of rotatable bonds is 0. The summed E-state index contributed by atoms with van der Waals surface area (Å²) in [6.07, 6.45) is 0. The third-order valence-corrected chi connectivity index (χ3v) is 1.62. The lowest BCUT2D eigenvalue weighted by Gasteiger charge is -1.86. The molecule has 0 aliphatic heterocycles. The maximum Gasteiger partial charge on any atom is 0.325 e. The van der Waals surface area contributed by atoms with Gasteiger partial charge in [0.15, 0.2) is 4.77 Å². The van der Waals surface area contributed by atoms with Crippen molar-refractivity contribution in [1.29, 1.82) is 0 Å². The van der Waals surface area contributed by atoms with Crippen LogP contribution in [-0.2, 0) is 0 Å². The van der Waals surface area contributed by atoms with E-state index in [9.17, 15) is 9.59 Å². The molecule has 0 bridgehead atoms. The van der Waals surface area contributed by atoms with Crippen LogP contribution in [0.3, 0.4) is 0 Å². The summed E-state index contributed by atoms with van der Waals surface area (Å²) < 4.78 is 0.183. The van der Waals surface area contributed by atoms with Crippen LogP contribution in [-0.4, -0.2) is 19.9 Å². The summed E-state index contributed by atoms with van der Waals surface area (Å²) in [5, 5.41) is 0. The molecular weight excluding hydrogens is 180 g/mol. The number of aromatic amines is 4. The monoisotopic (exact) mass is 184 g/mol. The number of H-pyrrole nitrogens is 4. The number of nitrogens with one attached hydrogen (secondary N) is 4. The third kappa shape index (κ3) is 0.909. The van der Waals surface area contributed by atoms with Gasteiger partial charge in [0.2, 0.25) is 0 Å². The molecule has 0 aliphatic rings.